The number of ether oxygens (including phenoxy) is 1. The van der Waals surface area contributed by atoms with Gasteiger partial charge in [-0.05, 0) is 67.3 Å². The molecule has 3 aromatic rings. The van der Waals surface area contributed by atoms with Crippen molar-refractivity contribution < 1.29 is 13.9 Å². The molecule has 0 bridgehead atoms. The average Bonchev–Trinajstić information content (AvgIpc) is 3.07. The molecule has 2 amide bonds. The topological polar surface area (TPSA) is 63.5 Å². The minimum absolute atomic E-state index is 0.233. The Hall–Kier alpha value is -2.95. The molecule has 1 aromatic heterocycles. The van der Waals surface area contributed by atoms with Gasteiger partial charge in [0.15, 0.2) is 0 Å². The number of carbonyl (C=O) groups is 1. The lowest BCUT2D eigenvalue weighted by atomic mass is 10.0. The van der Waals surface area contributed by atoms with Gasteiger partial charge in [-0.15, -0.1) is 0 Å². The summed E-state index contributed by atoms with van der Waals surface area (Å²) in [7, 11) is 1.65. The van der Waals surface area contributed by atoms with E-state index in [0.717, 1.165) is 44.7 Å². The molecule has 3 rings (SSSR count). The third-order valence-electron chi connectivity index (χ3n) is 4.48. The Balaban J connectivity index is 1.69. The van der Waals surface area contributed by atoms with Crippen molar-refractivity contribution in [2.75, 3.05) is 12.4 Å². The van der Waals surface area contributed by atoms with Gasteiger partial charge >= 0.3 is 6.03 Å². The Bertz CT molecular complexity index is 928. The van der Waals surface area contributed by atoms with Gasteiger partial charge in [0.25, 0.3) is 0 Å². The van der Waals surface area contributed by atoms with E-state index in [1.165, 1.54) is 0 Å². The molecule has 2 aromatic carbocycles. The van der Waals surface area contributed by atoms with Crippen LogP contribution in [-0.2, 0) is 6.54 Å². The van der Waals surface area contributed by atoms with Gasteiger partial charge < -0.3 is 19.8 Å². The number of urea groups is 1. The minimum atomic E-state index is -0.233. The van der Waals surface area contributed by atoms with Gasteiger partial charge in [-0.2, -0.15) is 0 Å². The van der Waals surface area contributed by atoms with E-state index in [0.29, 0.717) is 6.54 Å². The quantitative estimate of drug-likeness (QED) is 0.725. The van der Waals surface area contributed by atoms with E-state index in [4.69, 9.17) is 9.15 Å². The maximum Gasteiger partial charge on any atom is 0.319 e. The second kappa shape index (κ2) is 6.89. The van der Waals surface area contributed by atoms with Crippen LogP contribution in [0.2, 0.25) is 0 Å². The molecule has 5 nitrogen and oxygen atoms in total. The first-order chi connectivity index (χ1) is 12.0. The number of hydrogen-bond donors (Lipinski definition) is 2. The highest BCUT2D eigenvalue weighted by molar-refractivity contribution is 5.91. The summed E-state index contributed by atoms with van der Waals surface area (Å²) in [6.45, 7) is 6.36. The van der Waals surface area contributed by atoms with Crippen LogP contribution in [-0.4, -0.2) is 13.1 Å². The second-order valence-electron chi connectivity index (χ2n) is 6.12. The lowest BCUT2D eigenvalue weighted by molar-refractivity contribution is 0.251. The number of furan rings is 1. The SMILES string of the molecule is COc1cc(C)c(NC(=O)NCc2ccc3occc3c2)c(C)c1C. The maximum atomic E-state index is 12.3. The van der Waals surface area contributed by atoms with Crippen molar-refractivity contribution >= 4 is 22.7 Å². The molecular weight excluding hydrogens is 316 g/mol. The monoisotopic (exact) mass is 338 g/mol. The largest absolute Gasteiger partial charge is 0.496 e. The summed E-state index contributed by atoms with van der Waals surface area (Å²) in [5.41, 5.74) is 5.67. The standard InChI is InChI=1S/C20H22N2O3/c1-12-9-18(24-4)13(2)14(3)19(12)22-20(23)21-11-15-5-6-17-16(10-15)7-8-25-17/h5-10H,11H2,1-4H3,(H2,21,22,23). The second-order valence-corrected chi connectivity index (χ2v) is 6.12. The summed E-state index contributed by atoms with van der Waals surface area (Å²) >= 11 is 0. The Kier molecular flexibility index (Phi) is 4.65. The number of nitrogens with one attached hydrogen (secondary N) is 2. The summed E-state index contributed by atoms with van der Waals surface area (Å²) in [5, 5.41) is 6.87. The van der Waals surface area contributed by atoms with Crippen molar-refractivity contribution in [1.82, 2.24) is 5.32 Å². The summed E-state index contributed by atoms with van der Waals surface area (Å²) in [6, 6.07) is 9.47. The Morgan fingerprint density at radius 2 is 1.92 bits per heavy atom. The molecule has 0 atom stereocenters. The number of fused-ring (bicyclic) bond motifs is 1. The molecule has 0 aliphatic heterocycles. The van der Waals surface area contributed by atoms with Crippen LogP contribution in [0, 0.1) is 20.8 Å². The molecule has 2 N–H and O–H groups in total. The van der Waals surface area contributed by atoms with Crippen molar-refractivity contribution in [1.29, 1.82) is 0 Å². The highest BCUT2D eigenvalue weighted by Gasteiger charge is 2.13. The molecule has 0 radical (unpaired) electrons. The van der Waals surface area contributed by atoms with Gasteiger partial charge in [-0.1, -0.05) is 6.07 Å². The number of amides is 2. The lowest BCUT2D eigenvalue weighted by Gasteiger charge is -2.17. The van der Waals surface area contributed by atoms with Gasteiger partial charge in [0, 0.05) is 17.6 Å². The van der Waals surface area contributed by atoms with Gasteiger partial charge in [0.2, 0.25) is 0 Å². The van der Waals surface area contributed by atoms with Crippen molar-refractivity contribution in [3.63, 3.8) is 0 Å². The molecule has 25 heavy (non-hydrogen) atoms. The zero-order valence-corrected chi connectivity index (χ0v) is 14.9. The van der Waals surface area contributed by atoms with E-state index < -0.39 is 0 Å². The number of methoxy groups -OCH3 is 1. The van der Waals surface area contributed by atoms with E-state index in [1.54, 1.807) is 13.4 Å². The van der Waals surface area contributed by atoms with Crippen LogP contribution >= 0.6 is 0 Å². The van der Waals surface area contributed by atoms with Crippen molar-refractivity contribution in [3.05, 3.63) is 58.8 Å². The van der Waals surface area contributed by atoms with Gasteiger partial charge in [0.1, 0.15) is 11.3 Å². The smallest absolute Gasteiger partial charge is 0.319 e. The number of anilines is 1. The van der Waals surface area contributed by atoms with Gasteiger partial charge in [-0.25, -0.2) is 4.79 Å². The van der Waals surface area contributed by atoms with E-state index in [1.807, 2.05) is 51.1 Å². The van der Waals surface area contributed by atoms with Gasteiger partial charge in [-0.3, -0.25) is 0 Å². The molecule has 5 heteroatoms. The maximum absolute atomic E-state index is 12.3. The van der Waals surface area contributed by atoms with E-state index >= 15 is 0 Å². The van der Waals surface area contributed by atoms with Crippen LogP contribution in [0.25, 0.3) is 11.0 Å². The van der Waals surface area contributed by atoms with E-state index in [2.05, 4.69) is 10.6 Å². The zero-order valence-electron chi connectivity index (χ0n) is 14.9. The van der Waals surface area contributed by atoms with Crippen LogP contribution in [0.3, 0.4) is 0 Å². The van der Waals surface area contributed by atoms with Crippen molar-refractivity contribution in [2.24, 2.45) is 0 Å². The molecule has 0 aliphatic carbocycles. The molecule has 0 aliphatic rings. The lowest BCUT2D eigenvalue weighted by Crippen LogP contribution is -2.29. The van der Waals surface area contributed by atoms with Crippen LogP contribution < -0.4 is 15.4 Å². The van der Waals surface area contributed by atoms with Gasteiger partial charge in [0.05, 0.1) is 13.4 Å². The van der Waals surface area contributed by atoms with Crippen LogP contribution in [0.1, 0.15) is 22.3 Å². The Morgan fingerprint density at radius 3 is 2.68 bits per heavy atom. The van der Waals surface area contributed by atoms with E-state index in [-0.39, 0.29) is 6.03 Å². The normalized spacial score (nSPS) is 10.7. The third kappa shape index (κ3) is 3.45. The van der Waals surface area contributed by atoms with Crippen LogP contribution in [0.15, 0.2) is 41.0 Å². The Labute approximate surface area is 147 Å². The zero-order chi connectivity index (χ0) is 18.0. The fraction of sp³-hybridized carbons (Fsp3) is 0.250. The first-order valence-electron chi connectivity index (χ1n) is 8.15. The third-order valence-corrected chi connectivity index (χ3v) is 4.48. The molecule has 0 fully saturated rings. The van der Waals surface area contributed by atoms with Crippen molar-refractivity contribution in [2.45, 2.75) is 27.3 Å². The highest BCUT2D eigenvalue weighted by atomic mass is 16.5. The molecule has 1 heterocycles. The minimum Gasteiger partial charge on any atom is -0.496 e. The van der Waals surface area contributed by atoms with Crippen LogP contribution in [0.4, 0.5) is 10.5 Å². The fourth-order valence-electron chi connectivity index (χ4n) is 2.92. The summed E-state index contributed by atoms with van der Waals surface area (Å²) in [5.74, 6) is 0.828. The highest BCUT2D eigenvalue weighted by Crippen LogP contribution is 2.31. The van der Waals surface area contributed by atoms with Crippen molar-refractivity contribution in [3.8, 4) is 5.75 Å². The molecule has 0 spiro atoms. The Morgan fingerprint density at radius 1 is 1.12 bits per heavy atom. The van der Waals surface area contributed by atoms with E-state index in [9.17, 15) is 4.79 Å². The summed E-state index contributed by atoms with van der Waals surface area (Å²) < 4.78 is 10.7. The first-order valence-corrected chi connectivity index (χ1v) is 8.15. The predicted octanol–water partition coefficient (Wildman–Crippen LogP) is 4.69. The number of aryl methyl sites for hydroxylation is 1. The molecule has 130 valence electrons. The molecule has 0 saturated heterocycles. The predicted molar refractivity (Wildman–Crippen MR) is 99.3 cm³/mol. The summed E-state index contributed by atoms with van der Waals surface area (Å²) in [6.07, 6.45) is 1.66. The fourth-order valence-corrected chi connectivity index (χ4v) is 2.92. The molecular formula is C20H22N2O3. The molecule has 0 saturated carbocycles. The number of hydrogen-bond acceptors (Lipinski definition) is 3. The van der Waals surface area contributed by atoms with Crippen LogP contribution in [0.5, 0.6) is 5.75 Å². The summed E-state index contributed by atoms with van der Waals surface area (Å²) in [4.78, 5) is 12.3. The molecule has 0 unspecified atom stereocenters. The number of rotatable bonds is 4. The average molecular weight is 338 g/mol. The number of carbonyl (C=O) groups excluding carboxylic acids is 1. The number of benzene rings is 2. The first kappa shape index (κ1) is 16.9.